The van der Waals surface area contributed by atoms with Crippen LogP contribution in [0.4, 0.5) is 0 Å². The first-order chi connectivity index (χ1) is 11.7. The van der Waals surface area contributed by atoms with Gasteiger partial charge in [0.25, 0.3) is 0 Å². The first-order valence-corrected chi connectivity index (χ1v) is 40.3. The third kappa shape index (κ3) is 1.98. The van der Waals surface area contributed by atoms with Crippen LogP contribution in [0.5, 0.6) is 0 Å². The van der Waals surface area contributed by atoms with Gasteiger partial charge in [0.2, 0.25) is 0 Å². The fraction of sp³-hybridized carbons (Fsp3) is 0.538. The maximum atomic E-state index is 2.72. The van der Waals surface area contributed by atoms with Gasteiger partial charge >= 0.3 is 156 Å². The first-order valence-electron chi connectivity index (χ1n) is 11.3. The molecule has 0 heterocycles. The van der Waals surface area contributed by atoms with Crippen LogP contribution in [0.3, 0.4) is 0 Å². The Kier molecular flexibility index (Phi) is 2.33. The Morgan fingerprint density at radius 1 is 0.889 bits per heavy atom. The van der Waals surface area contributed by atoms with Gasteiger partial charge in [-0.1, -0.05) is 0 Å². The second-order valence-electron chi connectivity index (χ2n) is 20.4. The summed E-state index contributed by atoms with van der Waals surface area (Å²) < 4.78 is 19.5. The SMILES string of the molecule is CC[C]1([Hf]([CH3])([CH3])([CH3])([CH3])([CH3])([CH3])([CH3])[CH]2C=CC=C2)C=Cc2cc3c(cc21)CCC3. The topological polar surface area (TPSA) is 0 Å². The van der Waals surface area contributed by atoms with E-state index in [4.69, 9.17) is 0 Å². The molecule has 0 aliphatic heterocycles. The van der Waals surface area contributed by atoms with Gasteiger partial charge in [0.1, 0.15) is 0 Å². The Bertz CT molecular complexity index is 1030. The van der Waals surface area contributed by atoms with Gasteiger partial charge in [0, 0.05) is 0 Å². The van der Waals surface area contributed by atoms with E-state index < -0.39 is 12.6 Å². The Morgan fingerprint density at radius 3 is 2.00 bits per heavy atom. The van der Waals surface area contributed by atoms with Crippen molar-refractivity contribution in [2.45, 2.75) is 72.2 Å². The van der Waals surface area contributed by atoms with Crippen LogP contribution in [0.25, 0.3) is 6.08 Å². The van der Waals surface area contributed by atoms with Crippen molar-refractivity contribution in [1.82, 2.24) is 0 Å². The predicted molar refractivity (Wildman–Crippen MR) is 123 cm³/mol. The summed E-state index contributed by atoms with van der Waals surface area (Å²) in [6.07, 6.45) is 19.6. The maximum absolute atomic E-state index is 5.49. The summed E-state index contributed by atoms with van der Waals surface area (Å²) >= 11 is -5.49. The van der Waals surface area contributed by atoms with Crippen molar-refractivity contribution in [2.24, 2.45) is 0 Å². The fourth-order valence-corrected chi connectivity index (χ4v) is 43.8. The molecule has 0 bridgehead atoms. The zero-order valence-electron chi connectivity index (χ0n) is 19.0. The standard InChI is InChI=1S/C14H15.C5H5.7CH3.Hf/c1-2-10-6-7-13-8-11-4-3-5-12(11)9-14(10)13;1-2-4-5-3-1;;;;;;;;/h6-9H,2-5H2,1H3;1-5H;7*1H3;. The summed E-state index contributed by atoms with van der Waals surface area (Å²) in [5.41, 5.74) is 6.26. The summed E-state index contributed by atoms with van der Waals surface area (Å²) in [7, 11) is 0. The molecule has 0 N–H and O–H groups in total. The molecule has 0 fully saturated rings. The number of rotatable bonds is 3. The van der Waals surface area contributed by atoms with Crippen molar-refractivity contribution in [3.05, 3.63) is 64.8 Å². The average molecular weight is 532 g/mol. The Morgan fingerprint density at radius 2 is 1.44 bits per heavy atom. The third-order valence-electron chi connectivity index (χ3n) is 10.5. The van der Waals surface area contributed by atoms with E-state index in [-0.39, 0.29) is 3.17 Å². The molecule has 1 heteroatoms. The van der Waals surface area contributed by atoms with Crippen molar-refractivity contribution in [2.75, 3.05) is 0 Å². The molecular weight excluding hydrogens is 491 g/mol. The number of benzene rings is 1. The van der Waals surface area contributed by atoms with Crippen LogP contribution in [0.15, 0.2) is 42.5 Å². The Balaban J connectivity index is 2.23. The second kappa shape index (κ2) is 3.21. The van der Waals surface area contributed by atoms with E-state index in [0.29, 0.717) is 3.67 Å². The number of hydrogen-bond acceptors (Lipinski definition) is 0. The van der Waals surface area contributed by atoms with Crippen LogP contribution in [0, 0.1) is 0 Å². The normalized spacial score (nSPS) is 31.9. The zero-order valence-corrected chi connectivity index (χ0v) is 22.6. The van der Waals surface area contributed by atoms with Crippen LogP contribution < -0.4 is 0 Å². The first kappa shape index (κ1) is 19.6. The van der Waals surface area contributed by atoms with Crippen LogP contribution in [0.1, 0.15) is 42.0 Å². The van der Waals surface area contributed by atoms with Crippen molar-refractivity contribution in [3.8, 4) is 0 Å². The van der Waals surface area contributed by atoms with Crippen LogP contribution in [-0.4, -0.2) is 0 Å². The summed E-state index contributed by atoms with van der Waals surface area (Å²) in [6, 6.07) is 5.13. The van der Waals surface area contributed by atoms with Crippen molar-refractivity contribution >= 4 is 6.08 Å². The van der Waals surface area contributed by atoms with Gasteiger partial charge in [-0.15, -0.1) is 0 Å². The van der Waals surface area contributed by atoms with Crippen LogP contribution in [0.2, 0.25) is 36.4 Å². The number of hydrogen-bond donors (Lipinski definition) is 0. The average Bonchev–Trinajstić information content (AvgIpc) is 3.22. The molecule has 0 radical (unpaired) electrons. The molecule has 3 aliphatic carbocycles. The molecule has 1 atom stereocenters. The van der Waals surface area contributed by atoms with E-state index >= 15 is 0 Å². The minimum atomic E-state index is -5.49. The summed E-state index contributed by atoms with van der Waals surface area (Å²) in [5, 5.41) is 0. The van der Waals surface area contributed by atoms with E-state index in [9.17, 15) is 0 Å². The Labute approximate surface area is 155 Å². The van der Waals surface area contributed by atoms with E-state index in [1.54, 1.807) is 16.7 Å². The van der Waals surface area contributed by atoms with E-state index in [1.807, 2.05) is 0 Å². The summed E-state index contributed by atoms with van der Waals surface area (Å²) in [4.78, 5) is 0. The van der Waals surface area contributed by atoms with Gasteiger partial charge in [-0.05, 0) is 0 Å². The summed E-state index contributed by atoms with van der Waals surface area (Å²) in [5.74, 6) is 0. The van der Waals surface area contributed by atoms with Crippen LogP contribution >= 0.6 is 0 Å². The molecule has 27 heavy (non-hydrogen) atoms. The number of aryl methyl sites for hydroxylation is 2. The molecule has 1 unspecified atom stereocenters. The number of fused-ring (bicyclic) bond motifs is 2. The predicted octanol–water partition coefficient (Wildman–Crippen LogP) is 8.89. The molecule has 4 rings (SSSR count). The minimum absolute atomic E-state index is 0.0121. The Hall–Kier alpha value is -0.690. The van der Waals surface area contributed by atoms with Gasteiger partial charge < -0.3 is 0 Å². The zero-order chi connectivity index (χ0) is 20.2. The third-order valence-corrected chi connectivity index (χ3v) is 57.0. The van der Waals surface area contributed by atoms with E-state index in [2.05, 4.69) is 88.3 Å². The molecular formula is C26H41Hf. The van der Waals surface area contributed by atoms with Crippen LogP contribution in [-0.2, 0) is 28.6 Å². The molecule has 0 saturated carbocycles. The van der Waals surface area contributed by atoms with Crippen molar-refractivity contribution in [3.63, 3.8) is 0 Å². The van der Waals surface area contributed by atoms with Gasteiger partial charge in [0.05, 0.1) is 0 Å². The molecule has 0 saturated heterocycles. The summed E-state index contributed by atoms with van der Waals surface area (Å²) in [6.45, 7) is 2.43. The van der Waals surface area contributed by atoms with E-state index in [0.717, 1.165) is 6.42 Å². The quantitative estimate of drug-likeness (QED) is 0.342. The molecule has 1 aromatic rings. The van der Waals surface area contributed by atoms with Gasteiger partial charge in [-0.2, -0.15) is 0 Å². The molecule has 3 aliphatic rings. The second-order valence-corrected chi connectivity index (χ2v) is 130. The van der Waals surface area contributed by atoms with E-state index in [1.165, 1.54) is 24.8 Å². The molecule has 0 nitrogen and oxygen atoms in total. The van der Waals surface area contributed by atoms with Gasteiger partial charge in [-0.3, -0.25) is 0 Å². The number of allylic oxidation sites excluding steroid dienone is 5. The van der Waals surface area contributed by atoms with Crippen molar-refractivity contribution < 1.29 is 12.6 Å². The molecule has 149 valence electrons. The molecule has 0 spiro atoms. The molecule has 0 amide bonds. The molecule has 0 aromatic heterocycles. The van der Waals surface area contributed by atoms with Gasteiger partial charge in [-0.25, -0.2) is 0 Å². The monoisotopic (exact) mass is 533 g/mol. The fourth-order valence-electron chi connectivity index (χ4n) is 7.96. The molecule has 1 aromatic carbocycles. The van der Waals surface area contributed by atoms with Crippen molar-refractivity contribution in [1.29, 1.82) is 0 Å². The van der Waals surface area contributed by atoms with Gasteiger partial charge in [0.15, 0.2) is 0 Å².